The summed E-state index contributed by atoms with van der Waals surface area (Å²) in [7, 11) is 2.13. The van der Waals surface area contributed by atoms with Gasteiger partial charge in [0, 0.05) is 38.0 Å². The zero-order valence-electron chi connectivity index (χ0n) is 66.9. The number of ketones is 1. The normalized spacial score (nSPS) is 7.88. The van der Waals surface area contributed by atoms with Crippen molar-refractivity contribution in [2.75, 3.05) is 40.6 Å². The predicted octanol–water partition coefficient (Wildman–Crippen LogP) is 22.2. The van der Waals surface area contributed by atoms with Crippen molar-refractivity contribution in [2.24, 2.45) is 5.41 Å². The van der Waals surface area contributed by atoms with Gasteiger partial charge in [-0.25, -0.2) is 19.6 Å². The molecule has 3 rings (SSSR count). The van der Waals surface area contributed by atoms with Gasteiger partial charge in [0.25, 0.3) is 0 Å². The molecule has 0 aromatic heterocycles. The van der Waals surface area contributed by atoms with Crippen molar-refractivity contribution in [3.8, 4) is 11.1 Å². The van der Waals surface area contributed by atoms with Crippen molar-refractivity contribution in [1.29, 1.82) is 0 Å². The second kappa shape index (κ2) is 206. The van der Waals surface area contributed by atoms with Gasteiger partial charge in [-0.2, -0.15) is 0 Å². The summed E-state index contributed by atoms with van der Waals surface area (Å²) in [4.78, 5) is 67.4. The Labute approximate surface area is 668 Å². The highest BCUT2D eigenvalue weighted by Gasteiger charge is 2.38. The molecule has 1 aliphatic rings. The molecule has 0 bridgehead atoms. The van der Waals surface area contributed by atoms with Gasteiger partial charge in [0.15, 0.2) is 0 Å². The van der Waals surface area contributed by atoms with Crippen molar-refractivity contribution in [1.82, 2.24) is 0 Å². The molecule has 648 valence electrons. The zero-order valence-corrected chi connectivity index (χ0v) is 66.9. The highest BCUT2D eigenvalue weighted by Crippen LogP contribution is 2.44. The van der Waals surface area contributed by atoms with E-state index in [4.69, 9.17) is 24.4 Å². The van der Waals surface area contributed by atoms with E-state index >= 15 is 0 Å². The molecule has 0 fully saturated rings. The molecule has 2 aromatic rings. The number of esters is 2. The van der Waals surface area contributed by atoms with Gasteiger partial charge in [-0.1, -0.05) is 48.5 Å². The average molecular weight is 1610 g/mol. The third-order valence-electron chi connectivity index (χ3n) is 7.61. The second-order valence-electron chi connectivity index (χ2n) is 11.7. The van der Waals surface area contributed by atoms with Crippen molar-refractivity contribution >= 4 is 23.7 Å². The fraction of sp³-hybridized carbons (Fsp3) is 0.190. The van der Waals surface area contributed by atoms with Crippen LogP contribution in [0.3, 0.4) is 0 Å². The van der Waals surface area contributed by atoms with Crippen LogP contribution in [-0.4, -0.2) is 69.4 Å². The number of carboxylic acid groups (broad SMARTS) is 1. The standard InChI is InChI=1S/C31H38O33.24C2H4/c1-37-43-47-51-55-59-63-61-57-53-49-45-41-20-31(19-40-30(36)16-8-14-28(33)34,21-42-46-50-54-58-62-64-60-56-52-48-44-38-2)17-22(32)9-7-15-29(35)39-18-27-25-12-5-3-10-23(25)24-11-4-6-13-26(24)27;24*1-2/h3-6,10-13,27H,7-9,14-21H2,1-2H3,(H,33,34);24*1-2H2. The Morgan fingerprint density at radius 2 is 0.518 bits per heavy atom. The molecule has 33 heteroatoms. The first-order valence-corrected chi connectivity index (χ1v) is 29.5. The van der Waals surface area contributed by atoms with Crippen molar-refractivity contribution < 1.29 is 164 Å². The Morgan fingerprint density at radius 3 is 0.768 bits per heavy atom. The summed E-state index contributed by atoms with van der Waals surface area (Å²) in [6.07, 6.45) is -1.71. The predicted molar refractivity (Wildman–Crippen MR) is 443 cm³/mol. The monoisotopic (exact) mass is 1610 g/mol. The molecular formula is C79H134O33. The van der Waals surface area contributed by atoms with Crippen LogP contribution in [0.2, 0.25) is 0 Å². The number of Topliss-reactive ketones (excluding diaryl/α,β-unsaturated/α-hetero) is 1. The lowest BCUT2D eigenvalue weighted by atomic mass is 9.84. The Balaban J connectivity index is -0.0000000717. The molecule has 0 saturated heterocycles. The summed E-state index contributed by atoms with van der Waals surface area (Å²) >= 11 is 0. The van der Waals surface area contributed by atoms with Gasteiger partial charge in [-0.15, -0.1) is 316 Å². The van der Waals surface area contributed by atoms with E-state index in [1.54, 1.807) is 0 Å². The van der Waals surface area contributed by atoms with E-state index in [2.05, 4.69) is 436 Å². The largest absolute Gasteiger partial charge is 0.481 e. The molecule has 0 saturated carbocycles. The van der Waals surface area contributed by atoms with Crippen molar-refractivity contribution in [2.45, 2.75) is 50.9 Å². The van der Waals surface area contributed by atoms with E-state index in [1.807, 2.05) is 48.5 Å². The van der Waals surface area contributed by atoms with Crippen LogP contribution in [0.1, 0.15) is 62.0 Å². The van der Waals surface area contributed by atoms with Gasteiger partial charge < -0.3 is 14.6 Å². The van der Waals surface area contributed by atoms with E-state index in [0.717, 1.165) is 36.5 Å². The van der Waals surface area contributed by atoms with Crippen molar-refractivity contribution in [3.63, 3.8) is 0 Å². The molecule has 112 heavy (non-hydrogen) atoms. The van der Waals surface area contributed by atoms with Crippen LogP contribution in [0.4, 0.5) is 0 Å². The minimum atomic E-state index is -1.78. The Hall–Kier alpha value is -10.8. The molecular weight excluding hydrogens is 1480 g/mol. The van der Waals surface area contributed by atoms with E-state index < -0.39 is 55.3 Å². The maximum absolute atomic E-state index is 13.4. The summed E-state index contributed by atoms with van der Waals surface area (Å²) < 4.78 is 10.9. The molecule has 0 radical (unpaired) electrons. The molecule has 33 nitrogen and oxygen atoms in total. The minimum Gasteiger partial charge on any atom is -0.481 e. The van der Waals surface area contributed by atoms with E-state index in [9.17, 15) is 19.2 Å². The fourth-order valence-corrected chi connectivity index (χ4v) is 5.19. The first kappa shape index (κ1) is 162. The maximum atomic E-state index is 13.4. The number of carboxylic acids is 1. The minimum absolute atomic E-state index is 0.0195. The first-order chi connectivity index (χ1) is 55.3. The molecule has 0 unspecified atom stereocenters. The van der Waals surface area contributed by atoms with Gasteiger partial charge >= 0.3 is 17.9 Å². The van der Waals surface area contributed by atoms with Gasteiger partial charge in [0.05, 0.1) is 32.8 Å². The Kier molecular flexibility index (Phi) is 298. The summed E-state index contributed by atoms with van der Waals surface area (Å²) in [5.74, 6) is -3.36. The zero-order chi connectivity index (χ0) is 93.9. The average Bonchev–Trinajstić information content (AvgIpc) is 1.62. The molecule has 1 aliphatic carbocycles. The molecule has 1 N–H and O–H groups in total. The molecule has 0 spiro atoms. The number of aliphatic carboxylic acids is 1. The third-order valence-corrected chi connectivity index (χ3v) is 7.61. The lowest BCUT2D eigenvalue weighted by molar-refractivity contribution is -0.870. The number of ether oxygens (including phenoxy) is 2. The van der Waals surface area contributed by atoms with Crippen LogP contribution in [0.25, 0.3) is 11.1 Å². The molecule has 0 heterocycles. The highest BCUT2D eigenvalue weighted by atomic mass is 18.0. The third kappa shape index (κ3) is 138. The Bertz CT molecular complexity index is 1850. The van der Waals surface area contributed by atoms with Crippen LogP contribution in [0.15, 0.2) is 364 Å². The molecule has 0 aliphatic heterocycles. The lowest BCUT2D eigenvalue weighted by Gasteiger charge is -2.30. The topological polar surface area (TPSA) is 347 Å². The van der Waals surface area contributed by atoms with Crippen molar-refractivity contribution in [3.05, 3.63) is 375 Å². The number of rotatable bonds is 42. The Morgan fingerprint density at radius 1 is 0.295 bits per heavy atom. The smallest absolute Gasteiger partial charge is 0.305 e. The number of fused-ring (bicyclic) bond motifs is 3. The van der Waals surface area contributed by atoms with Crippen LogP contribution in [0, 0.1) is 5.41 Å². The first-order valence-electron chi connectivity index (χ1n) is 29.5. The van der Waals surface area contributed by atoms with Gasteiger partial charge in [-0.3, -0.25) is 19.2 Å². The number of carbonyl (C=O) groups is 4. The molecule has 2 aromatic carbocycles. The quantitative estimate of drug-likeness (QED) is 0.0212. The van der Waals surface area contributed by atoms with E-state index in [0.29, 0.717) is 0 Å². The van der Waals surface area contributed by atoms with E-state index in [-0.39, 0.29) is 51.0 Å². The number of carbonyl (C=O) groups excluding carboxylic acids is 3. The van der Waals surface area contributed by atoms with Crippen LogP contribution in [-0.2, 0) is 159 Å². The fourth-order valence-electron chi connectivity index (χ4n) is 5.19. The van der Waals surface area contributed by atoms with Crippen LogP contribution < -0.4 is 0 Å². The SMILES string of the molecule is C=C.C=C.C=C.C=C.C=C.C=C.C=C.C=C.C=C.C=C.C=C.C=C.C=C.C=C.C=C.C=C.C=C.C=C.C=C.C=C.C=C.C=C.C=C.C=C.COOOOOOOOOOOOOCC(COOOOOOOOOOOOOC)(COC(=O)CCCC(=O)O)CC(=O)CCCC(=O)OCC1c2ccccc2-c2ccccc21. The van der Waals surface area contributed by atoms with Gasteiger partial charge in [-0.05, 0) is 146 Å². The number of benzene rings is 2. The van der Waals surface area contributed by atoms with Gasteiger partial charge in [0.2, 0.25) is 0 Å². The summed E-state index contributed by atoms with van der Waals surface area (Å²) in [6.45, 7) is 142. The summed E-state index contributed by atoms with van der Waals surface area (Å²) in [5.41, 5.74) is 2.34. The number of hydrogen-bond acceptors (Lipinski definition) is 32. The van der Waals surface area contributed by atoms with Crippen LogP contribution >= 0.6 is 0 Å². The number of hydrogen-bond donors (Lipinski definition) is 1. The maximum Gasteiger partial charge on any atom is 0.305 e. The van der Waals surface area contributed by atoms with Gasteiger partial charge in [0.1, 0.15) is 19.0 Å². The lowest BCUT2D eigenvalue weighted by Crippen LogP contribution is -2.40. The highest BCUT2D eigenvalue weighted by molar-refractivity contribution is 5.81. The summed E-state index contributed by atoms with van der Waals surface area (Å²) in [5, 5.41) is 93.4. The molecule has 0 atom stereocenters. The van der Waals surface area contributed by atoms with Crippen LogP contribution in [0.5, 0.6) is 0 Å². The summed E-state index contributed by atoms with van der Waals surface area (Å²) in [6, 6.07) is 15.6. The van der Waals surface area contributed by atoms with E-state index in [1.165, 1.54) is 0 Å². The second-order valence-corrected chi connectivity index (χ2v) is 11.7. The molecule has 0 amide bonds.